The molecule has 5 nitrogen and oxygen atoms in total. The molecule has 2 aliphatic heterocycles. The van der Waals surface area contributed by atoms with E-state index >= 15 is 0 Å². The number of hydrogen-bond acceptors (Lipinski definition) is 3. The van der Waals surface area contributed by atoms with Gasteiger partial charge in [0.05, 0.1) is 6.04 Å². The zero-order valence-corrected chi connectivity index (χ0v) is 11.7. The van der Waals surface area contributed by atoms with Crippen molar-refractivity contribution >= 4 is 11.9 Å². The molecule has 1 unspecified atom stereocenters. The maximum atomic E-state index is 12.6. The molecule has 0 saturated carbocycles. The van der Waals surface area contributed by atoms with E-state index in [1.165, 1.54) is 0 Å². The molecular weight excluding hydrogens is 244 g/mol. The van der Waals surface area contributed by atoms with Crippen LogP contribution in [-0.2, 0) is 9.59 Å². The average molecular weight is 268 g/mol. The van der Waals surface area contributed by atoms with Crippen molar-refractivity contribution in [3.63, 3.8) is 0 Å². The Morgan fingerprint density at radius 1 is 1.37 bits per heavy atom. The molecule has 1 amide bonds. The monoisotopic (exact) mass is 268 g/mol. The Bertz CT molecular complexity index is 353. The number of carbonyl (C=O) groups excluding carboxylic acids is 1. The molecule has 2 N–H and O–H groups in total. The van der Waals surface area contributed by atoms with Crippen molar-refractivity contribution in [2.24, 2.45) is 0 Å². The van der Waals surface area contributed by atoms with E-state index in [0.29, 0.717) is 19.4 Å². The van der Waals surface area contributed by atoms with E-state index in [4.69, 9.17) is 0 Å². The summed E-state index contributed by atoms with van der Waals surface area (Å²) in [6, 6.07) is -0.178. The highest BCUT2D eigenvalue weighted by molar-refractivity contribution is 5.90. The topological polar surface area (TPSA) is 69.6 Å². The minimum absolute atomic E-state index is 0.00644. The van der Waals surface area contributed by atoms with Crippen LogP contribution in [0.2, 0.25) is 0 Å². The lowest BCUT2D eigenvalue weighted by atomic mass is 9.89. The number of carbonyl (C=O) groups is 2. The van der Waals surface area contributed by atoms with E-state index in [1.807, 2.05) is 6.92 Å². The second kappa shape index (κ2) is 5.90. The molecule has 2 saturated heterocycles. The molecular formula is C14H24N2O3. The Labute approximate surface area is 114 Å². The molecule has 2 rings (SSSR count). The Morgan fingerprint density at radius 2 is 2.16 bits per heavy atom. The summed E-state index contributed by atoms with van der Waals surface area (Å²) in [6.45, 7) is 3.42. The summed E-state index contributed by atoms with van der Waals surface area (Å²) in [6.07, 6.45) is 5.71. The van der Waals surface area contributed by atoms with Crippen LogP contribution in [0.25, 0.3) is 0 Å². The van der Waals surface area contributed by atoms with Crippen molar-refractivity contribution < 1.29 is 14.7 Å². The summed E-state index contributed by atoms with van der Waals surface area (Å²) in [4.78, 5) is 25.9. The first-order valence-electron chi connectivity index (χ1n) is 7.40. The van der Waals surface area contributed by atoms with Crippen molar-refractivity contribution in [1.82, 2.24) is 10.2 Å². The summed E-state index contributed by atoms with van der Waals surface area (Å²) >= 11 is 0. The van der Waals surface area contributed by atoms with Gasteiger partial charge >= 0.3 is 5.97 Å². The first-order chi connectivity index (χ1) is 9.12. The molecule has 0 aliphatic carbocycles. The van der Waals surface area contributed by atoms with Gasteiger partial charge in [-0.25, -0.2) is 4.79 Å². The summed E-state index contributed by atoms with van der Waals surface area (Å²) in [5.74, 6) is -0.843. The highest BCUT2D eigenvalue weighted by atomic mass is 16.4. The number of likely N-dealkylation sites (tertiary alicyclic amines) is 1. The highest BCUT2D eigenvalue weighted by Gasteiger charge is 2.50. The van der Waals surface area contributed by atoms with Crippen molar-refractivity contribution in [2.75, 3.05) is 13.1 Å². The lowest BCUT2D eigenvalue weighted by Crippen LogP contribution is -2.58. The largest absolute Gasteiger partial charge is 0.479 e. The molecule has 0 spiro atoms. The fourth-order valence-corrected chi connectivity index (χ4v) is 3.45. The summed E-state index contributed by atoms with van der Waals surface area (Å²) in [5.41, 5.74) is -0.953. The number of piperidine rings is 1. The molecule has 5 heteroatoms. The number of nitrogens with one attached hydrogen (secondary N) is 1. The second-order valence-electron chi connectivity index (χ2n) is 5.68. The molecule has 0 aromatic carbocycles. The number of carboxylic acid groups (broad SMARTS) is 1. The Hall–Kier alpha value is -1.10. The number of aliphatic carboxylic acids is 1. The Balaban J connectivity index is 2.16. The molecule has 0 bridgehead atoms. The lowest BCUT2D eigenvalue weighted by Gasteiger charge is -2.37. The van der Waals surface area contributed by atoms with Crippen LogP contribution in [0.4, 0.5) is 0 Å². The minimum Gasteiger partial charge on any atom is -0.479 e. The fourth-order valence-electron chi connectivity index (χ4n) is 3.45. The van der Waals surface area contributed by atoms with Crippen molar-refractivity contribution in [3.05, 3.63) is 0 Å². The van der Waals surface area contributed by atoms with Gasteiger partial charge in [0.2, 0.25) is 5.91 Å². The van der Waals surface area contributed by atoms with Gasteiger partial charge in [0.25, 0.3) is 0 Å². The van der Waals surface area contributed by atoms with E-state index in [1.54, 1.807) is 4.90 Å². The molecule has 2 aliphatic rings. The molecule has 19 heavy (non-hydrogen) atoms. The van der Waals surface area contributed by atoms with Gasteiger partial charge in [-0.3, -0.25) is 4.79 Å². The quantitative estimate of drug-likeness (QED) is 0.808. The van der Waals surface area contributed by atoms with Gasteiger partial charge < -0.3 is 15.3 Å². The lowest BCUT2D eigenvalue weighted by molar-refractivity contribution is -0.158. The molecule has 0 aromatic heterocycles. The van der Waals surface area contributed by atoms with E-state index in [9.17, 15) is 14.7 Å². The molecule has 0 radical (unpaired) electrons. The van der Waals surface area contributed by atoms with Crippen molar-refractivity contribution in [1.29, 1.82) is 0 Å². The molecule has 2 heterocycles. The van der Waals surface area contributed by atoms with Gasteiger partial charge in [0.1, 0.15) is 5.54 Å². The molecule has 2 fully saturated rings. The maximum Gasteiger partial charge on any atom is 0.329 e. The van der Waals surface area contributed by atoms with Gasteiger partial charge in [-0.15, -0.1) is 0 Å². The zero-order valence-electron chi connectivity index (χ0n) is 11.7. The van der Waals surface area contributed by atoms with Crippen LogP contribution in [0.15, 0.2) is 0 Å². The van der Waals surface area contributed by atoms with Gasteiger partial charge in [0.15, 0.2) is 0 Å². The first kappa shape index (κ1) is 14.3. The number of carboxylic acids is 1. The van der Waals surface area contributed by atoms with Crippen LogP contribution in [0.5, 0.6) is 0 Å². The predicted molar refractivity (Wildman–Crippen MR) is 71.9 cm³/mol. The van der Waals surface area contributed by atoms with Crippen LogP contribution in [-0.4, -0.2) is 46.6 Å². The van der Waals surface area contributed by atoms with Crippen LogP contribution in [0, 0.1) is 0 Å². The van der Waals surface area contributed by atoms with Crippen LogP contribution in [0.1, 0.15) is 51.9 Å². The van der Waals surface area contributed by atoms with Gasteiger partial charge in [-0.05, 0) is 38.6 Å². The highest BCUT2D eigenvalue weighted by Crippen LogP contribution is 2.35. The normalized spacial score (nSPS) is 31.4. The Kier molecular flexibility index (Phi) is 4.45. The standard InChI is InChI=1S/C14H24N2O3/c1-2-7-14(13(18)19)8-5-10-16(14)12(17)11-6-3-4-9-15-11/h11,15H,2-10H2,1H3,(H,18,19)/t11-,14?/m0/s1. The van der Waals surface area contributed by atoms with Crippen LogP contribution in [0.3, 0.4) is 0 Å². The van der Waals surface area contributed by atoms with E-state index in [0.717, 1.165) is 38.6 Å². The maximum absolute atomic E-state index is 12.6. The zero-order chi connectivity index (χ0) is 13.9. The smallest absolute Gasteiger partial charge is 0.329 e. The fraction of sp³-hybridized carbons (Fsp3) is 0.857. The third-order valence-corrected chi connectivity index (χ3v) is 4.42. The van der Waals surface area contributed by atoms with Gasteiger partial charge in [0, 0.05) is 6.54 Å². The van der Waals surface area contributed by atoms with E-state index in [-0.39, 0.29) is 11.9 Å². The Morgan fingerprint density at radius 3 is 2.74 bits per heavy atom. The third-order valence-electron chi connectivity index (χ3n) is 4.42. The van der Waals surface area contributed by atoms with Crippen molar-refractivity contribution in [3.8, 4) is 0 Å². The second-order valence-corrected chi connectivity index (χ2v) is 5.68. The number of hydrogen-bond donors (Lipinski definition) is 2. The molecule has 2 atom stereocenters. The van der Waals surface area contributed by atoms with E-state index in [2.05, 4.69) is 5.32 Å². The SMILES string of the molecule is CCCC1(C(=O)O)CCCN1C(=O)[C@@H]1CCCCN1. The molecule has 108 valence electrons. The average Bonchev–Trinajstić information content (AvgIpc) is 2.84. The third kappa shape index (κ3) is 2.61. The van der Waals surface area contributed by atoms with Gasteiger partial charge in [-0.1, -0.05) is 19.8 Å². The van der Waals surface area contributed by atoms with Crippen LogP contribution < -0.4 is 5.32 Å². The van der Waals surface area contributed by atoms with Gasteiger partial charge in [-0.2, -0.15) is 0 Å². The summed E-state index contributed by atoms with van der Waals surface area (Å²) in [7, 11) is 0. The number of amides is 1. The number of nitrogens with zero attached hydrogens (tertiary/aromatic N) is 1. The predicted octanol–water partition coefficient (Wildman–Crippen LogP) is 1.37. The van der Waals surface area contributed by atoms with Crippen molar-refractivity contribution in [2.45, 2.75) is 63.5 Å². The minimum atomic E-state index is -0.953. The number of rotatable bonds is 4. The molecule has 0 aromatic rings. The van der Waals surface area contributed by atoms with Crippen LogP contribution >= 0.6 is 0 Å². The summed E-state index contributed by atoms with van der Waals surface area (Å²) < 4.78 is 0. The summed E-state index contributed by atoms with van der Waals surface area (Å²) in [5, 5.41) is 12.8. The first-order valence-corrected chi connectivity index (χ1v) is 7.40. The van der Waals surface area contributed by atoms with E-state index < -0.39 is 11.5 Å².